The first-order chi connectivity index (χ1) is 20.4. The van der Waals surface area contributed by atoms with Gasteiger partial charge >= 0.3 is 0 Å². The third-order valence-corrected chi connectivity index (χ3v) is 14.4. The van der Waals surface area contributed by atoms with Crippen LogP contribution in [-0.2, 0) is 10.8 Å². The van der Waals surface area contributed by atoms with Crippen LogP contribution < -0.4 is 36.7 Å². The Bertz CT molecular complexity index is 1760. The molecule has 0 amide bonds. The number of benzene rings is 5. The van der Waals surface area contributed by atoms with E-state index in [1.165, 1.54) is 71.1 Å². The lowest BCUT2D eigenvalue weighted by Crippen LogP contribution is -2.44. The van der Waals surface area contributed by atoms with Crippen molar-refractivity contribution >= 4 is 64.7 Å². The van der Waals surface area contributed by atoms with Gasteiger partial charge in [0.2, 0.25) is 0 Å². The van der Waals surface area contributed by atoms with E-state index in [2.05, 4.69) is 163 Å². The van der Waals surface area contributed by atoms with E-state index in [9.17, 15) is 0 Å². The molecule has 0 aromatic heterocycles. The third-order valence-electron chi connectivity index (χ3n) is 9.06. The summed E-state index contributed by atoms with van der Waals surface area (Å²) in [6, 6.07) is 40.0. The molecule has 2 heterocycles. The molecule has 2 unspecified atom stereocenters. The molecule has 0 saturated carbocycles. The van der Waals surface area contributed by atoms with Crippen LogP contribution in [0.4, 0.5) is 17.1 Å². The summed E-state index contributed by atoms with van der Waals surface area (Å²) in [4.78, 5) is 2.66. The lowest BCUT2D eigenvalue weighted by molar-refractivity contribution is 0.590. The van der Waals surface area contributed by atoms with E-state index in [1.54, 1.807) is 0 Å². The Kier molecular flexibility index (Phi) is 6.74. The summed E-state index contributed by atoms with van der Waals surface area (Å²) in [5.41, 5.74) is 9.75. The Morgan fingerprint density at radius 2 is 0.837 bits per heavy atom. The van der Waals surface area contributed by atoms with Crippen molar-refractivity contribution in [3.05, 3.63) is 125 Å². The van der Waals surface area contributed by atoms with Crippen LogP contribution >= 0.6 is 15.8 Å². The SMILES string of the molecule is Cc1ccccc1P1c2ccc(C(C)(C)C)cc2N2c3cc(C(C)(C)C)ccc3P(c3ccccc3C)c3cccc1c32. The summed E-state index contributed by atoms with van der Waals surface area (Å²) in [5.74, 6) is 0. The first-order valence-corrected chi connectivity index (χ1v) is 18.1. The van der Waals surface area contributed by atoms with Crippen molar-refractivity contribution in [1.29, 1.82) is 0 Å². The molecule has 0 bridgehead atoms. The smallest absolute Gasteiger partial charge is 0.0629 e. The summed E-state index contributed by atoms with van der Waals surface area (Å²) in [7, 11) is -1.46. The van der Waals surface area contributed by atoms with Gasteiger partial charge in [0.25, 0.3) is 0 Å². The molecule has 43 heavy (non-hydrogen) atoms. The van der Waals surface area contributed by atoms with Crippen molar-refractivity contribution in [2.24, 2.45) is 0 Å². The zero-order valence-electron chi connectivity index (χ0n) is 26.7. The molecule has 2 atom stereocenters. The topological polar surface area (TPSA) is 3.24 Å². The predicted octanol–water partition coefficient (Wildman–Crippen LogP) is 8.51. The van der Waals surface area contributed by atoms with E-state index in [0.717, 1.165) is 0 Å². The van der Waals surface area contributed by atoms with Crippen LogP contribution in [0.15, 0.2) is 103 Å². The third kappa shape index (κ3) is 4.60. The number of anilines is 3. The minimum Gasteiger partial charge on any atom is -0.308 e. The molecule has 1 nitrogen and oxygen atoms in total. The Morgan fingerprint density at radius 1 is 0.442 bits per heavy atom. The van der Waals surface area contributed by atoms with Gasteiger partial charge in [0, 0.05) is 21.2 Å². The zero-order chi connectivity index (χ0) is 30.3. The molecule has 7 rings (SSSR count). The second kappa shape index (κ2) is 10.2. The van der Waals surface area contributed by atoms with Gasteiger partial charge in [-0.1, -0.05) is 133 Å². The van der Waals surface area contributed by atoms with Crippen LogP contribution in [0, 0.1) is 13.8 Å². The van der Waals surface area contributed by atoms with Crippen molar-refractivity contribution in [2.75, 3.05) is 4.90 Å². The predicted molar refractivity (Wildman–Crippen MR) is 193 cm³/mol. The molecular formula is C40H41NP2. The van der Waals surface area contributed by atoms with E-state index >= 15 is 0 Å². The average molecular weight is 598 g/mol. The van der Waals surface area contributed by atoms with Gasteiger partial charge in [0.1, 0.15) is 0 Å². The Morgan fingerprint density at radius 3 is 1.23 bits per heavy atom. The molecule has 0 N–H and O–H groups in total. The minimum atomic E-state index is -0.729. The summed E-state index contributed by atoms with van der Waals surface area (Å²) < 4.78 is 0. The maximum atomic E-state index is 2.66. The monoisotopic (exact) mass is 597 g/mol. The molecule has 2 aliphatic rings. The van der Waals surface area contributed by atoms with Crippen molar-refractivity contribution < 1.29 is 0 Å². The summed E-state index contributed by atoms with van der Waals surface area (Å²) in [5, 5.41) is 8.79. The van der Waals surface area contributed by atoms with Gasteiger partial charge in [-0.3, -0.25) is 0 Å². The zero-order valence-corrected chi connectivity index (χ0v) is 28.4. The van der Waals surface area contributed by atoms with Crippen LogP contribution in [-0.4, -0.2) is 0 Å². The first-order valence-electron chi connectivity index (χ1n) is 15.4. The fraction of sp³-hybridized carbons (Fsp3) is 0.250. The number of hydrogen-bond donors (Lipinski definition) is 0. The minimum absolute atomic E-state index is 0.0554. The van der Waals surface area contributed by atoms with Crippen LogP contribution in [0.3, 0.4) is 0 Å². The highest BCUT2D eigenvalue weighted by atomic mass is 31.1. The molecule has 2 aliphatic heterocycles. The number of fused-ring (bicyclic) bond motifs is 4. The molecule has 0 radical (unpaired) electrons. The molecule has 5 aromatic carbocycles. The highest BCUT2D eigenvalue weighted by Gasteiger charge is 2.42. The van der Waals surface area contributed by atoms with Gasteiger partial charge in [-0.25, -0.2) is 0 Å². The fourth-order valence-electron chi connectivity index (χ4n) is 6.60. The van der Waals surface area contributed by atoms with Crippen LogP contribution in [0.5, 0.6) is 0 Å². The van der Waals surface area contributed by atoms with E-state index < -0.39 is 15.8 Å². The molecule has 0 fully saturated rings. The normalized spacial score (nSPS) is 17.3. The standard InChI is InChI=1S/C40H41NP2/c1-26-14-9-11-16-32(26)42-34-22-20-28(39(3,4)5)24-30(34)41-31-25-29(40(6,7)8)21-23-35(31)43(33-17-12-10-15-27(33)2)37-19-13-18-36(42)38(37)41/h9-25H,1-8H3. The van der Waals surface area contributed by atoms with E-state index in [0.29, 0.717) is 0 Å². The number of hydrogen-bond acceptors (Lipinski definition) is 1. The number of aryl methyl sites for hydroxylation is 2. The molecule has 5 aromatic rings. The molecule has 0 spiro atoms. The fourth-order valence-corrected chi connectivity index (χ4v) is 12.1. The van der Waals surface area contributed by atoms with Gasteiger partial charge in [-0.2, -0.15) is 0 Å². The van der Waals surface area contributed by atoms with Crippen molar-refractivity contribution in [3.8, 4) is 0 Å². The lowest BCUT2D eigenvalue weighted by atomic mass is 9.86. The van der Waals surface area contributed by atoms with Crippen molar-refractivity contribution in [2.45, 2.75) is 66.2 Å². The van der Waals surface area contributed by atoms with Crippen LogP contribution in [0.25, 0.3) is 0 Å². The lowest BCUT2D eigenvalue weighted by Gasteiger charge is -2.46. The highest BCUT2D eigenvalue weighted by Crippen LogP contribution is 2.56. The molecular weight excluding hydrogens is 556 g/mol. The molecule has 0 saturated heterocycles. The Balaban J connectivity index is 1.62. The number of nitrogens with zero attached hydrogens (tertiary/aromatic N) is 1. The molecule has 216 valence electrons. The van der Waals surface area contributed by atoms with Gasteiger partial charge < -0.3 is 4.90 Å². The maximum absolute atomic E-state index is 2.66. The van der Waals surface area contributed by atoms with Crippen molar-refractivity contribution in [3.63, 3.8) is 0 Å². The first kappa shape index (κ1) is 28.5. The van der Waals surface area contributed by atoms with Crippen LogP contribution in [0.1, 0.15) is 63.8 Å². The Labute approximate surface area is 260 Å². The van der Waals surface area contributed by atoms with Crippen LogP contribution in [0.2, 0.25) is 0 Å². The van der Waals surface area contributed by atoms with E-state index in [4.69, 9.17) is 0 Å². The van der Waals surface area contributed by atoms with Gasteiger partial charge in [0.15, 0.2) is 0 Å². The second-order valence-electron chi connectivity index (χ2n) is 14.1. The summed E-state index contributed by atoms with van der Waals surface area (Å²) >= 11 is 0. The van der Waals surface area contributed by atoms with E-state index in [1.807, 2.05) is 0 Å². The highest BCUT2D eigenvalue weighted by molar-refractivity contribution is 7.82. The molecule has 3 heteroatoms. The summed E-state index contributed by atoms with van der Waals surface area (Å²) in [6.07, 6.45) is 0. The molecule has 0 aliphatic carbocycles. The number of rotatable bonds is 2. The van der Waals surface area contributed by atoms with Gasteiger partial charge in [0.05, 0.1) is 17.1 Å². The Hall–Kier alpha value is -3.24. The largest absolute Gasteiger partial charge is 0.308 e. The quantitative estimate of drug-likeness (QED) is 0.181. The van der Waals surface area contributed by atoms with Gasteiger partial charge in [-0.05, 0) is 85.5 Å². The maximum Gasteiger partial charge on any atom is 0.0629 e. The average Bonchev–Trinajstić information content (AvgIpc) is 2.97. The summed E-state index contributed by atoms with van der Waals surface area (Å²) in [6.45, 7) is 18.6. The van der Waals surface area contributed by atoms with Crippen molar-refractivity contribution in [1.82, 2.24) is 0 Å². The van der Waals surface area contributed by atoms with E-state index in [-0.39, 0.29) is 10.8 Å². The second-order valence-corrected chi connectivity index (χ2v) is 18.4. The van der Waals surface area contributed by atoms with Gasteiger partial charge in [-0.15, -0.1) is 0 Å². The number of para-hydroxylation sites is 1.